The van der Waals surface area contributed by atoms with Crippen molar-refractivity contribution in [2.45, 2.75) is 5.38 Å². The molecule has 0 spiro atoms. The summed E-state index contributed by atoms with van der Waals surface area (Å²) in [6, 6.07) is 0. The van der Waals surface area contributed by atoms with E-state index in [0.29, 0.717) is 0 Å². The van der Waals surface area contributed by atoms with Gasteiger partial charge in [-0.25, -0.2) is 4.79 Å². The van der Waals surface area contributed by atoms with E-state index in [1.165, 1.54) is 0 Å². The van der Waals surface area contributed by atoms with Gasteiger partial charge in [0.15, 0.2) is 0 Å². The monoisotopic (exact) mass is 193 g/mol. The Bertz CT molecular complexity index is 90.5. The number of halogens is 3. The van der Waals surface area contributed by atoms with Crippen molar-refractivity contribution < 1.29 is 35.8 Å². The van der Waals surface area contributed by atoms with Crippen LogP contribution >= 0.6 is 11.6 Å². The van der Waals surface area contributed by atoms with E-state index in [1.54, 1.807) is 0 Å². The number of carboxylic acid groups (broad SMARTS) is 1. The molecular formula is C2HClCuF2O2. The molecule has 0 heterocycles. The average molecular weight is 194 g/mol. The molecule has 0 saturated carbocycles. The maximum absolute atomic E-state index is 11.0. The molecule has 2 nitrogen and oxygen atoms in total. The molecule has 0 aromatic rings. The van der Waals surface area contributed by atoms with Crippen LogP contribution in [0.15, 0.2) is 0 Å². The minimum atomic E-state index is -4.11. The van der Waals surface area contributed by atoms with E-state index in [-0.39, 0.29) is 17.1 Å². The topological polar surface area (TPSA) is 37.3 Å². The molecule has 0 fully saturated rings. The Morgan fingerprint density at radius 3 is 1.75 bits per heavy atom. The normalized spacial score (nSPS) is 9.88. The van der Waals surface area contributed by atoms with E-state index in [0.717, 1.165) is 0 Å². The summed E-state index contributed by atoms with van der Waals surface area (Å²) in [6.07, 6.45) is 0. The van der Waals surface area contributed by atoms with Gasteiger partial charge in [-0.2, -0.15) is 8.78 Å². The summed E-state index contributed by atoms with van der Waals surface area (Å²) in [5, 5.41) is 3.26. The number of alkyl halides is 3. The van der Waals surface area contributed by atoms with E-state index in [1.807, 2.05) is 0 Å². The van der Waals surface area contributed by atoms with E-state index in [2.05, 4.69) is 11.6 Å². The summed E-state index contributed by atoms with van der Waals surface area (Å²) in [6.45, 7) is 0. The summed E-state index contributed by atoms with van der Waals surface area (Å²) in [5.74, 6) is -2.32. The predicted octanol–water partition coefficient (Wildman–Crippen LogP) is 0.900. The minimum Gasteiger partial charge on any atom is -0.476 e. The van der Waals surface area contributed by atoms with E-state index >= 15 is 0 Å². The van der Waals surface area contributed by atoms with Gasteiger partial charge in [0.1, 0.15) is 0 Å². The Balaban J connectivity index is 0. The molecule has 1 radical (unpaired) electrons. The van der Waals surface area contributed by atoms with Crippen LogP contribution in [0.5, 0.6) is 0 Å². The van der Waals surface area contributed by atoms with Crippen molar-refractivity contribution in [1.29, 1.82) is 0 Å². The number of rotatable bonds is 1. The molecule has 6 heteroatoms. The average Bonchev–Trinajstić information content (AvgIpc) is 1.31. The largest absolute Gasteiger partial charge is 0.476 e. The van der Waals surface area contributed by atoms with E-state index in [9.17, 15) is 8.78 Å². The Morgan fingerprint density at radius 1 is 1.62 bits per heavy atom. The fraction of sp³-hybridized carbons (Fsp3) is 0.500. The van der Waals surface area contributed by atoms with Crippen LogP contribution in [0.1, 0.15) is 0 Å². The van der Waals surface area contributed by atoms with Gasteiger partial charge < -0.3 is 5.11 Å². The maximum Gasteiger partial charge on any atom is 0.417 e. The molecule has 0 aliphatic heterocycles. The number of aliphatic carboxylic acids is 1. The van der Waals surface area contributed by atoms with Crippen molar-refractivity contribution in [3.05, 3.63) is 0 Å². The zero-order valence-corrected chi connectivity index (χ0v) is 4.99. The summed E-state index contributed by atoms with van der Waals surface area (Å²) >= 11 is 3.94. The Hall–Kier alpha value is 0.139. The summed E-state index contributed by atoms with van der Waals surface area (Å²) in [5.41, 5.74) is 0. The second-order valence-electron chi connectivity index (χ2n) is 0.803. The van der Waals surface area contributed by atoms with Crippen LogP contribution in [-0.4, -0.2) is 16.5 Å². The molecule has 0 aromatic heterocycles. The van der Waals surface area contributed by atoms with Gasteiger partial charge in [0.25, 0.3) is 0 Å². The third-order valence-electron chi connectivity index (χ3n) is 0.243. The van der Waals surface area contributed by atoms with Crippen molar-refractivity contribution in [3.63, 3.8) is 0 Å². The van der Waals surface area contributed by atoms with Crippen LogP contribution in [-0.2, 0) is 21.9 Å². The fourth-order valence-electron chi connectivity index (χ4n) is 0. The Morgan fingerprint density at radius 2 is 1.75 bits per heavy atom. The van der Waals surface area contributed by atoms with Gasteiger partial charge in [-0.05, 0) is 11.6 Å². The number of hydrogen-bond donors (Lipinski definition) is 1. The van der Waals surface area contributed by atoms with Crippen LogP contribution in [0.3, 0.4) is 0 Å². The quantitative estimate of drug-likeness (QED) is 0.497. The summed E-state index contributed by atoms with van der Waals surface area (Å²) < 4.78 is 22.0. The van der Waals surface area contributed by atoms with Gasteiger partial charge >= 0.3 is 11.4 Å². The molecule has 0 bridgehead atoms. The van der Waals surface area contributed by atoms with E-state index in [4.69, 9.17) is 9.90 Å². The van der Waals surface area contributed by atoms with Gasteiger partial charge in [0.05, 0.1) is 0 Å². The first-order valence-electron chi connectivity index (χ1n) is 1.24. The van der Waals surface area contributed by atoms with Crippen molar-refractivity contribution in [1.82, 2.24) is 0 Å². The molecule has 8 heavy (non-hydrogen) atoms. The smallest absolute Gasteiger partial charge is 0.417 e. The first kappa shape index (κ1) is 11.0. The van der Waals surface area contributed by atoms with Crippen LogP contribution < -0.4 is 0 Å². The van der Waals surface area contributed by atoms with Crippen LogP contribution in [0.4, 0.5) is 8.78 Å². The zero-order chi connectivity index (χ0) is 6.08. The van der Waals surface area contributed by atoms with Crippen molar-refractivity contribution >= 4 is 17.6 Å². The molecule has 0 rings (SSSR count). The van der Waals surface area contributed by atoms with Gasteiger partial charge in [-0.1, -0.05) is 0 Å². The summed E-state index contributed by atoms with van der Waals surface area (Å²) in [7, 11) is 0. The van der Waals surface area contributed by atoms with Crippen LogP contribution in [0.2, 0.25) is 0 Å². The molecule has 0 atom stereocenters. The maximum atomic E-state index is 11.0. The second kappa shape index (κ2) is 3.22. The molecule has 1 N–H and O–H groups in total. The molecule has 0 amide bonds. The molecule has 0 saturated heterocycles. The third kappa shape index (κ3) is 4.30. The standard InChI is InChI=1S/C2HClF2O2.Cu/c3-2(4,5)1(6)7;/h(H,6,7);. The van der Waals surface area contributed by atoms with Gasteiger partial charge in [-0.3, -0.25) is 0 Å². The Labute approximate surface area is 59.3 Å². The molecule has 0 aromatic carbocycles. The number of carbonyl (C=O) groups is 1. The molecular weight excluding hydrogens is 193 g/mol. The van der Waals surface area contributed by atoms with Crippen molar-refractivity contribution in [3.8, 4) is 0 Å². The van der Waals surface area contributed by atoms with Crippen LogP contribution in [0, 0.1) is 0 Å². The second-order valence-corrected chi connectivity index (χ2v) is 1.28. The van der Waals surface area contributed by atoms with Crippen LogP contribution in [0.25, 0.3) is 0 Å². The zero-order valence-electron chi connectivity index (χ0n) is 3.29. The Kier molecular flexibility index (Phi) is 4.43. The van der Waals surface area contributed by atoms with Gasteiger partial charge in [0.2, 0.25) is 0 Å². The van der Waals surface area contributed by atoms with Gasteiger partial charge in [-0.15, -0.1) is 0 Å². The molecule has 0 aliphatic carbocycles. The molecule has 0 aliphatic rings. The first-order valence-corrected chi connectivity index (χ1v) is 1.62. The predicted molar refractivity (Wildman–Crippen MR) is 18.4 cm³/mol. The van der Waals surface area contributed by atoms with E-state index < -0.39 is 11.4 Å². The summed E-state index contributed by atoms with van der Waals surface area (Å²) in [4.78, 5) is 9.14. The third-order valence-corrected chi connectivity index (χ3v) is 0.404. The SMILES string of the molecule is O=C(O)C(F)(F)Cl.[Cu]. The number of carboxylic acids is 1. The first-order chi connectivity index (χ1) is 2.94. The van der Waals surface area contributed by atoms with Gasteiger partial charge in [0, 0.05) is 17.1 Å². The number of hydrogen-bond acceptors (Lipinski definition) is 1. The van der Waals surface area contributed by atoms with Crippen molar-refractivity contribution in [2.75, 3.05) is 0 Å². The molecule has 0 unspecified atom stereocenters. The van der Waals surface area contributed by atoms with Crippen molar-refractivity contribution in [2.24, 2.45) is 0 Å². The molecule has 53 valence electrons. The fourth-order valence-corrected chi connectivity index (χ4v) is 0. The minimum absolute atomic E-state index is 0.